The summed E-state index contributed by atoms with van der Waals surface area (Å²) in [6.07, 6.45) is 5.14. The molecule has 0 aromatic heterocycles. The van der Waals surface area contributed by atoms with Crippen LogP contribution in [0.4, 0.5) is 5.69 Å². The van der Waals surface area contributed by atoms with Gasteiger partial charge in [-0.25, -0.2) is 0 Å². The Morgan fingerprint density at radius 2 is 2.06 bits per heavy atom. The van der Waals surface area contributed by atoms with Crippen LogP contribution in [-0.4, -0.2) is 13.1 Å². The fraction of sp³-hybridized carbons (Fsp3) is 0.571. The maximum atomic E-state index is 6.45. The van der Waals surface area contributed by atoms with Gasteiger partial charge in [0.25, 0.3) is 0 Å². The molecule has 0 bridgehead atoms. The molecule has 0 saturated heterocycles. The average Bonchev–Trinajstić information content (AvgIpc) is 2.36. The molecule has 3 unspecified atom stereocenters. The molecule has 1 aliphatic carbocycles. The van der Waals surface area contributed by atoms with Crippen LogP contribution in [0.2, 0.25) is 5.02 Å². The zero-order valence-electron chi connectivity index (χ0n) is 10.2. The summed E-state index contributed by atoms with van der Waals surface area (Å²) in [5.74, 6) is 0.597. The topological polar surface area (TPSA) is 29.3 Å². The van der Waals surface area contributed by atoms with E-state index in [1.54, 1.807) is 0 Å². The van der Waals surface area contributed by atoms with E-state index < -0.39 is 0 Å². The molecule has 0 radical (unpaired) electrons. The summed E-state index contributed by atoms with van der Waals surface area (Å²) in [7, 11) is 2.17. The summed E-state index contributed by atoms with van der Waals surface area (Å²) in [4.78, 5) is 2.37. The molecule has 2 N–H and O–H groups in total. The highest BCUT2D eigenvalue weighted by molar-refractivity contribution is 6.33. The largest absolute Gasteiger partial charge is 0.370 e. The van der Waals surface area contributed by atoms with Crippen LogP contribution in [0.1, 0.15) is 37.3 Å². The third kappa shape index (κ3) is 1.66. The summed E-state index contributed by atoms with van der Waals surface area (Å²) in [6, 6.07) is 6.84. The van der Waals surface area contributed by atoms with Gasteiger partial charge < -0.3 is 10.6 Å². The van der Waals surface area contributed by atoms with Crippen molar-refractivity contribution in [3.63, 3.8) is 0 Å². The third-order valence-corrected chi connectivity index (χ3v) is 4.78. The number of hydrogen-bond donors (Lipinski definition) is 1. The van der Waals surface area contributed by atoms with Gasteiger partial charge in [-0.2, -0.15) is 0 Å². The summed E-state index contributed by atoms with van der Waals surface area (Å²) >= 11 is 6.34. The SMILES string of the molecule is CN1c2c(Cl)cccc2C(N)C2CCCCC21. The summed E-state index contributed by atoms with van der Waals surface area (Å²) < 4.78 is 0. The lowest BCUT2D eigenvalue weighted by Crippen LogP contribution is -2.48. The van der Waals surface area contributed by atoms with Crippen LogP contribution in [0.5, 0.6) is 0 Å². The number of hydrogen-bond acceptors (Lipinski definition) is 2. The van der Waals surface area contributed by atoms with Crippen molar-refractivity contribution in [2.45, 2.75) is 37.8 Å². The molecule has 3 atom stereocenters. The van der Waals surface area contributed by atoms with E-state index in [-0.39, 0.29) is 6.04 Å². The van der Waals surface area contributed by atoms with E-state index in [1.807, 2.05) is 12.1 Å². The third-order valence-electron chi connectivity index (χ3n) is 4.47. The van der Waals surface area contributed by atoms with E-state index >= 15 is 0 Å². The second kappa shape index (κ2) is 4.18. The molecule has 3 rings (SSSR count). The Labute approximate surface area is 108 Å². The van der Waals surface area contributed by atoms with Crippen molar-refractivity contribution < 1.29 is 0 Å². The number of fused-ring (bicyclic) bond motifs is 2. The monoisotopic (exact) mass is 250 g/mol. The van der Waals surface area contributed by atoms with Gasteiger partial charge in [-0.1, -0.05) is 36.6 Å². The highest BCUT2D eigenvalue weighted by Crippen LogP contribution is 2.47. The Bertz CT molecular complexity index is 432. The minimum atomic E-state index is 0.158. The van der Waals surface area contributed by atoms with Crippen LogP contribution in [0, 0.1) is 5.92 Å². The maximum absolute atomic E-state index is 6.45. The highest BCUT2D eigenvalue weighted by Gasteiger charge is 2.39. The molecule has 0 amide bonds. The molecule has 1 aromatic rings. The van der Waals surface area contributed by atoms with Crippen LogP contribution in [0.15, 0.2) is 18.2 Å². The van der Waals surface area contributed by atoms with Crippen molar-refractivity contribution in [3.05, 3.63) is 28.8 Å². The first-order chi connectivity index (χ1) is 8.20. The van der Waals surface area contributed by atoms with E-state index in [0.29, 0.717) is 12.0 Å². The van der Waals surface area contributed by atoms with Gasteiger partial charge in [0, 0.05) is 19.1 Å². The summed E-state index contributed by atoms with van der Waals surface area (Å²) in [5, 5.41) is 0.837. The highest BCUT2D eigenvalue weighted by atomic mass is 35.5. The number of anilines is 1. The molecular weight excluding hydrogens is 232 g/mol. The van der Waals surface area contributed by atoms with Crippen molar-refractivity contribution in [1.29, 1.82) is 0 Å². The molecule has 92 valence electrons. The number of para-hydroxylation sites is 1. The molecule has 1 saturated carbocycles. The Hall–Kier alpha value is -0.730. The first-order valence-corrected chi connectivity index (χ1v) is 6.85. The Balaban J connectivity index is 2.10. The molecule has 2 nitrogen and oxygen atoms in total. The van der Waals surface area contributed by atoms with Gasteiger partial charge in [-0.05, 0) is 30.4 Å². The van der Waals surface area contributed by atoms with E-state index in [9.17, 15) is 0 Å². The van der Waals surface area contributed by atoms with Gasteiger partial charge in [-0.15, -0.1) is 0 Å². The van der Waals surface area contributed by atoms with Crippen molar-refractivity contribution in [2.75, 3.05) is 11.9 Å². The van der Waals surface area contributed by atoms with E-state index in [4.69, 9.17) is 17.3 Å². The molecule has 3 heteroatoms. The van der Waals surface area contributed by atoms with Crippen molar-refractivity contribution in [1.82, 2.24) is 0 Å². The number of halogens is 1. The fourth-order valence-electron chi connectivity index (χ4n) is 3.61. The first kappa shape index (κ1) is 11.4. The fourth-order valence-corrected chi connectivity index (χ4v) is 3.92. The van der Waals surface area contributed by atoms with E-state index in [0.717, 1.165) is 10.7 Å². The predicted octanol–water partition coefficient (Wildman–Crippen LogP) is 3.35. The van der Waals surface area contributed by atoms with E-state index in [2.05, 4.69) is 18.0 Å². The van der Waals surface area contributed by atoms with Gasteiger partial charge >= 0.3 is 0 Å². The lowest BCUT2D eigenvalue weighted by Gasteiger charge is -2.47. The second-order valence-electron chi connectivity index (χ2n) is 5.33. The maximum Gasteiger partial charge on any atom is 0.0643 e. The molecule has 2 aliphatic rings. The van der Waals surface area contributed by atoms with Gasteiger partial charge in [0.15, 0.2) is 0 Å². The molecule has 1 heterocycles. The number of nitrogens with two attached hydrogens (primary N) is 1. The minimum Gasteiger partial charge on any atom is -0.370 e. The van der Waals surface area contributed by atoms with Gasteiger partial charge in [-0.3, -0.25) is 0 Å². The van der Waals surface area contributed by atoms with Crippen LogP contribution in [-0.2, 0) is 0 Å². The molecule has 1 aromatic carbocycles. The lowest BCUT2D eigenvalue weighted by molar-refractivity contribution is 0.246. The lowest BCUT2D eigenvalue weighted by atomic mass is 9.74. The van der Waals surface area contributed by atoms with Gasteiger partial charge in [0.05, 0.1) is 10.7 Å². The van der Waals surface area contributed by atoms with Crippen molar-refractivity contribution in [2.24, 2.45) is 11.7 Å². The van der Waals surface area contributed by atoms with Gasteiger partial charge in [0.1, 0.15) is 0 Å². The molecule has 1 aliphatic heterocycles. The van der Waals surface area contributed by atoms with Crippen LogP contribution < -0.4 is 10.6 Å². The molecule has 1 fully saturated rings. The van der Waals surface area contributed by atoms with Crippen molar-refractivity contribution >= 4 is 17.3 Å². The minimum absolute atomic E-state index is 0.158. The zero-order valence-corrected chi connectivity index (χ0v) is 11.0. The number of benzene rings is 1. The number of nitrogens with zero attached hydrogens (tertiary/aromatic N) is 1. The Morgan fingerprint density at radius 1 is 1.29 bits per heavy atom. The molecule has 17 heavy (non-hydrogen) atoms. The van der Waals surface area contributed by atoms with Crippen molar-refractivity contribution in [3.8, 4) is 0 Å². The second-order valence-corrected chi connectivity index (χ2v) is 5.74. The molecular formula is C14H19ClN2. The van der Waals surface area contributed by atoms with Crippen LogP contribution in [0.3, 0.4) is 0 Å². The van der Waals surface area contributed by atoms with Gasteiger partial charge in [0.2, 0.25) is 0 Å². The average molecular weight is 251 g/mol. The first-order valence-electron chi connectivity index (χ1n) is 6.47. The summed E-state index contributed by atoms with van der Waals surface area (Å²) in [6.45, 7) is 0. The predicted molar refractivity (Wildman–Crippen MR) is 72.5 cm³/mol. The zero-order chi connectivity index (χ0) is 12.0. The Kier molecular flexibility index (Phi) is 2.80. The molecule has 0 spiro atoms. The summed E-state index contributed by atoms with van der Waals surface area (Å²) in [5.41, 5.74) is 8.83. The van der Waals surface area contributed by atoms with E-state index in [1.165, 1.54) is 31.2 Å². The Morgan fingerprint density at radius 3 is 2.88 bits per heavy atom. The smallest absolute Gasteiger partial charge is 0.0643 e. The van der Waals surface area contributed by atoms with Crippen LogP contribution in [0.25, 0.3) is 0 Å². The normalized spacial score (nSPS) is 31.9. The number of rotatable bonds is 0. The van der Waals surface area contributed by atoms with Crippen LogP contribution >= 0.6 is 11.6 Å². The quantitative estimate of drug-likeness (QED) is 0.765. The standard InChI is InChI=1S/C14H19ClN2/c1-17-12-8-3-2-5-9(12)13(16)10-6-4-7-11(15)14(10)17/h4,6-7,9,12-13H,2-3,5,8,16H2,1H3.